The number of aromatic nitrogens is 3. The zero-order valence-electron chi connectivity index (χ0n) is 13.3. The van der Waals surface area contributed by atoms with Crippen molar-refractivity contribution in [3.05, 3.63) is 48.0 Å². The van der Waals surface area contributed by atoms with Crippen molar-refractivity contribution >= 4 is 5.91 Å². The van der Waals surface area contributed by atoms with Crippen molar-refractivity contribution in [2.24, 2.45) is 0 Å². The minimum absolute atomic E-state index is 0.0542. The second-order valence-corrected chi connectivity index (χ2v) is 6.06. The number of carbonyl (C=O) groups is 1. The maximum Gasteiger partial charge on any atom is 0.242 e. The Morgan fingerprint density at radius 3 is 2.87 bits per heavy atom. The molecule has 1 saturated heterocycles. The summed E-state index contributed by atoms with van der Waals surface area (Å²) >= 11 is 0. The van der Waals surface area contributed by atoms with E-state index in [2.05, 4.69) is 17.1 Å². The Kier molecular flexibility index (Phi) is 4.71. The fraction of sp³-hybridized carbons (Fsp3) is 0.471. The van der Waals surface area contributed by atoms with E-state index in [-0.39, 0.29) is 18.5 Å². The molecule has 1 aromatic heterocycles. The molecule has 1 aliphatic rings. The lowest BCUT2D eigenvalue weighted by molar-refractivity contribution is -0.135. The quantitative estimate of drug-likeness (QED) is 0.933. The molecule has 0 radical (unpaired) electrons. The summed E-state index contributed by atoms with van der Waals surface area (Å²) in [5, 5.41) is 18.4. The van der Waals surface area contributed by atoms with Crippen LogP contribution in [0.4, 0.5) is 0 Å². The van der Waals surface area contributed by atoms with Crippen molar-refractivity contribution in [1.82, 2.24) is 19.7 Å². The Balaban J connectivity index is 1.75. The molecule has 2 atom stereocenters. The molecule has 6 heteroatoms. The first-order valence-corrected chi connectivity index (χ1v) is 8.07. The third-order valence-electron chi connectivity index (χ3n) is 4.43. The molecule has 23 heavy (non-hydrogen) atoms. The van der Waals surface area contributed by atoms with Crippen LogP contribution in [0.1, 0.15) is 43.7 Å². The van der Waals surface area contributed by atoms with Crippen LogP contribution in [0.5, 0.6) is 0 Å². The van der Waals surface area contributed by atoms with Gasteiger partial charge in [0.25, 0.3) is 0 Å². The van der Waals surface area contributed by atoms with Crippen LogP contribution < -0.4 is 0 Å². The molecule has 1 fully saturated rings. The maximum absolute atomic E-state index is 12.6. The van der Waals surface area contributed by atoms with Crippen molar-refractivity contribution in [3.8, 4) is 0 Å². The standard InChI is InChI=1S/C17H22N4O2/c1-13-7-5-6-10-21(13)15(22)11-20-12-18-19-17(20)16(23)14-8-3-2-4-9-14/h2-4,8-9,12-13,16,23H,5-7,10-11H2,1H3/t13-,16-/m1/s1. The summed E-state index contributed by atoms with van der Waals surface area (Å²) in [7, 11) is 0. The molecule has 2 heterocycles. The van der Waals surface area contributed by atoms with Gasteiger partial charge in [0, 0.05) is 12.6 Å². The number of hydrogen-bond donors (Lipinski definition) is 1. The minimum Gasteiger partial charge on any atom is -0.380 e. The lowest BCUT2D eigenvalue weighted by Crippen LogP contribution is -2.43. The van der Waals surface area contributed by atoms with Gasteiger partial charge in [-0.2, -0.15) is 0 Å². The van der Waals surface area contributed by atoms with Gasteiger partial charge in [-0.25, -0.2) is 0 Å². The van der Waals surface area contributed by atoms with Gasteiger partial charge in [-0.1, -0.05) is 30.3 Å². The summed E-state index contributed by atoms with van der Waals surface area (Å²) in [6.07, 6.45) is 3.90. The fourth-order valence-corrected chi connectivity index (χ4v) is 3.09. The molecule has 6 nitrogen and oxygen atoms in total. The number of benzene rings is 1. The molecule has 0 bridgehead atoms. The normalized spacial score (nSPS) is 19.6. The van der Waals surface area contributed by atoms with E-state index in [0.29, 0.717) is 5.82 Å². The van der Waals surface area contributed by atoms with Crippen LogP contribution in [0.15, 0.2) is 36.7 Å². The summed E-state index contributed by atoms with van der Waals surface area (Å²) in [4.78, 5) is 14.5. The predicted octanol–water partition coefficient (Wildman–Crippen LogP) is 1.76. The highest BCUT2D eigenvalue weighted by atomic mass is 16.3. The van der Waals surface area contributed by atoms with E-state index in [9.17, 15) is 9.90 Å². The van der Waals surface area contributed by atoms with Crippen molar-refractivity contribution in [1.29, 1.82) is 0 Å². The van der Waals surface area contributed by atoms with Crippen molar-refractivity contribution in [2.75, 3.05) is 6.54 Å². The highest BCUT2D eigenvalue weighted by molar-refractivity contribution is 5.76. The summed E-state index contributed by atoms with van der Waals surface area (Å²) in [6, 6.07) is 9.55. The number of piperidine rings is 1. The van der Waals surface area contributed by atoms with Gasteiger partial charge in [-0.15, -0.1) is 10.2 Å². The lowest BCUT2D eigenvalue weighted by atomic mass is 10.0. The van der Waals surface area contributed by atoms with Crippen LogP contribution in [0.25, 0.3) is 0 Å². The molecular weight excluding hydrogens is 292 g/mol. The van der Waals surface area contributed by atoms with Gasteiger partial charge >= 0.3 is 0 Å². The first-order chi connectivity index (χ1) is 11.2. The molecule has 122 valence electrons. The average Bonchev–Trinajstić information content (AvgIpc) is 3.03. The molecule has 1 N–H and O–H groups in total. The highest BCUT2D eigenvalue weighted by Gasteiger charge is 2.25. The van der Waals surface area contributed by atoms with E-state index >= 15 is 0 Å². The number of carbonyl (C=O) groups excluding carboxylic acids is 1. The molecule has 1 aromatic carbocycles. The zero-order valence-corrected chi connectivity index (χ0v) is 13.3. The van der Waals surface area contributed by atoms with Crippen LogP contribution >= 0.6 is 0 Å². The molecule has 0 saturated carbocycles. The predicted molar refractivity (Wildman–Crippen MR) is 85.6 cm³/mol. The van der Waals surface area contributed by atoms with Crippen molar-refractivity contribution < 1.29 is 9.90 Å². The second kappa shape index (κ2) is 6.91. The Morgan fingerprint density at radius 2 is 2.13 bits per heavy atom. The highest BCUT2D eigenvalue weighted by Crippen LogP contribution is 2.21. The Morgan fingerprint density at radius 1 is 1.35 bits per heavy atom. The summed E-state index contributed by atoms with van der Waals surface area (Å²) in [6.45, 7) is 3.05. The maximum atomic E-state index is 12.6. The Bertz CT molecular complexity index is 656. The van der Waals surface area contributed by atoms with Crippen molar-refractivity contribution in [2.45, 2.75) is 44.9 Å². The molecule has 1 aliphatic heterocycles. The number of nitrogens with zero attached hydrogens (tertiary/aromatic N) is 4. The van der Waals surface area contributed by atoms with Crippen molar-refractivity contribution in [3.63, 3.8) is 0 Å². The SMILES string of the molecule is C[C@@H]1CCCCN1C(=O)Cn1cnnc1[C@H](O)c1ccccc1. The third-order valence-corrected chi connectivity index (χ3v) is 4.43. The number of hydrogen-bond acceptors (Lipinski definition) is 4. The van der Waals surface area contributed by atoms with Gasteiger partial charge < -0.3 is 14.6 Å². The van der Waals surface area contributed by atoms with E-state index in [1.54, 1.807) is 4.57 Å². The van der Waals surface area contributed by atoms with Gasteiger partial charge in [0.2, 0.25) is 5.91 Å². The molecule has 3 rings (SSSR count). The number of aliphatic hydroxyl groups is 1. The number of rotatable bonds is 4. The van der Waals surface area contributed by atoms with Gasteiger partial charge in [-0.3, -0.25) is 4.79 Å². The van der Waals surface area contributed by atoms with E-state index in [1.807, 2.05) is 35.2 Å². The molecule has 0 unspecified atom stereocenters. The Labute approximate surface area is 135 Å². The van der Waals surface area contributed by atoms with Gasteiger partial charge in [-0.05, 0) is 31.7 Å². The molecule has 1 amide bonds. The van der Waals surface area contributed by atoms with E-state index in [4.69, 9.17) is 0 Å². The zero-order chi connectivity index (χ0) is 16.2. The van der Waals surface area contributed by atoms with E-state index < -0.39 is 6.10 Å². The second-order valence-electron chi connectivity index (χ2n) is 6.06. The number of likely N-dealkylation sites (tertiary alicyclic amines) is 1. The number of amides is 1. The molecule has 2 aromatic rings. The summed E-state index contributed by atoms with van der Waals surface area (Å²) < 4.78 is 1.64. The van der Waals surface area contributed by atoms with Crippen LogP contribution in [0.3, 0.4) is 0 Å². The first-order valence-electron chi connectivity index (χ1n) is 8.07. The first kappa shape index (κ1) is 15.7. The van der Waals surface area contributed by atoms with Crippen LogP contribution in [0.2, 0.25) is 0 Å². The monoisotopic (exact) mass is 314 g/mol. The molecular formula is C17H22N4O2. The minimum atomic E-state index is -0.884. The lowest BCUT2D eigenvalue weighted by Gasteiger charge is -2.33. The summed E-state index contributed by atoms with van der Waals surface area (Å²) in [5.41, 5.74) is 0.737. The van der Waals surface area contributed by atoms with Gasteiger partial charge in [0.05, 0.1) is 0 Å². The molecule has 0 aliphatic carbocycles. The largest absolute Gasteiger partial charge is 0.380 e. The fourth-order valence-electron chi connectivity index (χ4n) is 3.09. The summed E-state index contributed by atoms with van der Waals surface area (Å²) in [5.74, 6) is 0.452. The number of aliphatic hydroxyl groups excluding tert-OH is 1. The van der Waals surface area contributed by atoms with Gasteiger partial charge in [0.1, 0.15) is 19.0 Å². The smallest absolute Gasteiger partial charge is 0.242 e. The third kappa shape index (κ3) is 3.42. The van der Waals surface area contributed by atoms with Crippen LogP contribution in [0, 0.1) is 0 Å². The van der Waals surface area contributed by atoms with Gasteiger partial charge in [0.15, 0.2) is 5.82 Å². The van der Waals surface area contributed by atoms with E-state index in [1.165, 1.54) is 12.7 Å². The van der Waals surface area contributed by atoms with Crippen LogP contribution in [-0.4, -0.2) is 43.3 Å². The van der Waals surface area contributed by atoms with Crippen LogP contribution in [-0.2, 0) is 11.3 Å². The average molecular weight is 314 g/mol. The molecule has 0 spiro atoms. The Hall–Kier alpha value is -2.21. The topological polar surface area (TPSA) is 71.2 Å². The van der Waals surface area contributed by atoms with E-state index in [0.717, 1.165) is 24.9 Å².